The van der Waals surface area contributed by atoms with Crippen molar-refractivity contribution >= 4 is 5.71 Å². The van der Waals surface area contributed by atoms with Gasteiger partial charge in [-0.2, -0.15) is 5.10 Å². The van der Waals surface area contributed by atoms with Crippen molar-refractivity contribution in [2.24, 2.45) is 5.10 Å². The molecular weight excluding hydrogens is 256 g/mol. The molecule has 1 heterocycles. The molecule has 0 N–H and O–H groups in total. The zero-order chi connectivity index (χ0) is 14.9. The molecule has 21 heavy (non-hydrogen) atoms. The number of nitrogens with zero attached hydrogens (tertiary/aromatic N) is 2. The molecule has 0 amide bonds. The summed E-state index contributed by atoms with van der Waals surface area (Å²) in [5, 5.41) is 7.09. The number of unbranched alkanes of at least 4 members (excludes halogenated alkanes) is 5. The van der Waals surface area contributed by atoms with Crippen LogP contribution in [-0.4, -0.2) is 17.3 Å². The largest absolute Gasteiger partial charge is 0.285 e. The summed E-state index contributed by atoms with van der Waals surface area (Å²) in [5.74, 6) is 0. The van der Waals surface area contributed by atoms with Crippen LogP contribution in [0, 0.1) is 0 Å². The van der Waals surface area contributed by atoms with Crippen LogP contribution in [0.1, 0.15) is 76.8 Å². The third kappa shape index (κ3) is 5.53. The van der Waals surface area contributed by atoms with Gasteiger partial charge in [0.05, 0.1) is 12.6 Å². The normalized spacial score (nSPS) is 18.1. The Kier molecular flexibility index (Phi) is 6.78. The van der Waals surface area contributed by atoms with Gasteiger partial charge >= 0.3 is 0 Å². The molecule has 1 unspecified atom stereocenters. The molecule has 0 aliphatic carbocycles. The molecule has 1 aromatic carbocycles. The van der Waals surface area contributed by atoms with Gasteiger partial charge in [-0.3, -0.25) is 5.01 Å². The van der Waals surface area contributed by atoms with Crippen molar-refractivity contribution in [2.45, 2.75) is 71.3 Å². The minimum Gasteiger partial charge on any atom is -0.285 e. The summed E-state index contributed by atoms with van der Waals surface area (Å²) in [6.07, 6.45) is 10.5. The summed E-state index contributed by atoms with van der Waals surface area (Å²) >= 11 is 0. The SMILES string of the molecule is CCCCCCCC/C(CC)=N/N1CC1c1ccccc1. The molecule has 2 nitrogen and oxygen atoms in total. The van der Waals surface area contributed by atoms with Gasteiger partial charge < -0.3 is 0 Å². The van der Waals surface area contributed by atoms with Gasteiger partial charge in [0, 0.05) is 5.71 Å². The smallest absolute Gasteiger partial charge is 0.0912 e. The van der Waals surface area contributed by atoms with Crippen LogP contribution in [0.2, 0.25) is 0 Å². The number of hydrazone groups is 1. The molecule has 2 heteroatoms. The van der Waals surface area contributed by atoms with E-state index in [4.69, 9.17) is 5.10 Å². The highest BCUT2D eigenvalue weighted by Gasteiger charge is 2.34. The van der Waals surface area contributed by atoms with E-state index in [0.29, 0.717) is 6.04 Å². The first-order chi connectivity index (χ1) is 10.3. The average molecular weight is 286 g/mol. The quantitative estimate of drug-likeness (QED) is 0.312. The van der Waals surface area contributed by atoms with Crippen molar-refractivity contribution < 1.29 is 0 Å². The third-order valence-electron chi connectivity index (χ3n) is 4.27. The Labute approximate surface area is 130 Å². The van der Waals surface area contributed by atoms with Crippen LogP contribution >= 0.6 is 0 Å². The van der Waals surface area contributed by atoms with E-state index < -0.39 is 0 Å². The molecule has 1 aromatic rings. The van der Waals surface area contributed by atoms with Crippen molar-refractivity contribution in [3.05, 3.63) is 35.9 Å². The Hall–Kier alpha value is -1.31. The van der Waals surface area contributed by atoms with Gasteiger partial charge in [0.1, 0.15) is 0 Å². The summed E-state index contributed by atoms with van der Waals surface area (Å²) in [4.78, 5) is 0. The van der Waals surface area contributed by atoms with Crippen molar-refractivity contribution in [2.75, 3.05) is 6.54 Å². The van der Waals surface area contributed by atoms with Crippen LogP contribution in [0.4, 0.5) is 0 Å². The molecule has 0 spiro atoms. The number of hydrogen-bond donors (Lipinski definition) is 0. The van der Waals surface area contributed by atoms with E-state index in [1.807, 2.05) is 0 Å². The molecule has 1 saturated heterocycles. The van der Waals surface area contributed by atoms with Crippen LogP contribution in [0.15, 0.2) is 35.4 Å². The number of hydrogen-bond acceptors (Lipinski definition) is 2. The van der Waals surface area contributed by atoms with Crippen molar-refractivity contribution in [3.63, 3.8) is 0 Å². The fourth-order valence-corrected chi connectivity index (χ4v) is 2.78. The maximum absolute atomic E-state index is 4.85. The van der Waals surface area contributed by atoms with E-state index in [-0.39, 0.29) is 0 Å². The van der Waals surface area contributed by atoms with Gasteiger partial charge in [-0.25, -0.2) is 0 Å². The molecule has 0 saturated carbocycles. The highest BCUT2D eigenvalue weighted by Crippen LogP contribution is 2.35. The maximum atomic E-state index is 4.85. The fourth-order valence-electron chi connectivity index (χ4n) is 2.78. The Balaban J connectivity index is 1.70. The fraction of sp³-hybridized carbons (Fsp3) is 0.632. The molecule has 116 valence electrons. The van der Waals surface area contributed by atoms with E-state index >= 15 is 0 Å². The monoisotopic (exact) mass is 286 g/mol. The lowest BCUT2D eigenvalue weighted by atomic mass is 10.1. The Morgan fingerprint density at radius 2 is 1.76 bits per heavy atom. The van der Waals surface area contributed by atoms with Crippen LogP contribution < -0.4 is 0 Å². The molecule has 0 radical (unpaired) electrons. The van der Waals surface area contributed by atoms with Gasteiger partial charge in [-0.05, 0) is 24.8 Å². The van der Waals surface area contributed by atoms with E-state index in [2.05, 4.69) is 49.2 Å². The Bertz CT molecular complexity index is 424. The van der Waals surface area contributed by atoms with Gasteiger partial charge in [0.25, 0.3) is 0 Å². The predicted molar refractivity (Wildman–Crippen MR) is 91.6 cm³/mol. The van der Waals surface area contributed by atoms with Crippen molar-refractivity contribution in [1.82, 2.24) is 5.01 Å². The second-order valence-corrected chi connectivity index (χ2v) is 6.09. The zero-order valence-electron chi connectivity index (χ0n) is 13.7. The maximum Gasteiger partial charge on any atom is 0.0912 e. The predicted octanol–water partition coefficient (Wildman–Crippen LogP) is 5.56. The highest BCUT2D eigenvalue weighted by atomic mass is 15.6. The topological polar surface area (TPSA) is 15.4 Å². The third-order valence-corrected chi connectivity index (χ3v) is 4.27. The lowest BCUT2D eigenvalue weighted by molar-refractivity contribution is 0.544. The van der Waals surface area contributed by atoms with Gasteiger partial charge in [-0.1, -0.05) is 76.3 Å². The van der Waals surface area contributed by atoms with Gasteiger partial charge in [0.2, 0.25) is 0 Å². The van der Waals surface area contributed by atoms with Crippen molar-refractivity contribution in [3.8, 4) is 0 Å². The number of benzene rings is 1. The standard InChI is InChI=1S/C19H30N2/c1-3-5-6-7-8-12-15-18(4-2)20-21-16-19(21)17-13-10-9-11-14-17/h9-11,13-14,19H,3-8,12,15-16H2,1-2H3/b20-18+. The van der Waals surface area contributed by atoms with Crippen LogP contribution in [0.5, 0.6) is 0 Å². The Morgan fingerprint density at radius 1 is 1.05 bits per heavy atom. The van der Waals surface area contributed by atoms with E-state index in [1.165, 1.54) is 56.2 Å². The molecule has 0 bridgehead atoms. The van der Waals surface area contributed by atoms with Crippen molar-refractivity contribution in [1.29, 1.82) is 0 Å². The summed E-state index contributed by atoms with van der Waals surface area (Å²) in [7, 11) is 0. The first kappa shape index (κ1) is 16.1. The molecule has 2 rings (SSSR count). The van der Waals surface area contributed by atoms with Crippen LogP contribution in [-0.2, 0) is 0 Å². The molecule has 1 atom stereocenters. The summed E-state index contributed by atoms with van der Waals surface area (Å²) < 4.78 is 0. The van der Waals surface area contributed by atoms with Gasteiger partial charge in [-0.15, -0.1) is 0 Å². The first-order valence-electron chi connectivity index (χ1n) is 8.73. The second kappa shape index (κ2) is 8.86. The van der Waals surface area contributed by atoms with E-state index in [9.17, 15) is 0 Å². The lowest BCUT2D eigenvalue weighted by Gasteiger charge is -2.06. The van der Waals surface area contributed by atoms with Gasteiger partial charge in [0.15, 0.2) is 0 Å². The molecule has 0 aromatic heterocycles. The minimum absolute atomic E-state index is 0.525. The molecule has 1 fully saturated rings. The summed E-state index contributed by atoms with van der Waals surface area (Å²) in [6.45, 7) is 5.59. The Morgan fingerprint density at radius 3 is 2.48 bits per heavy atom. The van der Waals surface area contributed by atoms with Crippen LogP contribution in [0.3, 0.4) is 0 Å². The first-order valence-corrected chi connectivity index (χ1v) is 8.73. The highest BCUT2D eigenvalue weighted by molar-refractivity contribution is 5.84. The number of rotatable bonds is 10. The summed E-state index contributed by atoms with van der Waals surface area (Å²) in [5.41, 5.74) is 2.78. The molecule has 1 aliphatic rings. The zero-order valence-corrected chi connectivity index (χ0v) is 13.7. The molecular formula is C19H30N2. The summed E-state index contributed by atoms with van der Waals surface area (Å²) in [6, 6.07) is 11.3. The molecule has 1 aliphatic heterocycles. The van der Waals surface area contributed by atoms with E-state index in [1.54, 1.807) is 0 Å². The van der Waals surface area contributed by atoms with Crippen LogP contribution in [0.25, 0.3) is 0 Å². The lowest BCUT2D eigenvalue weighted by Crippen LogP contribution is -2.01. The minimum atomic E-state index is 0.525. The second-order valence-electron chi connectivity index (χ2n) is 6.09. The van der Waals surface area contributed by atoms with E-state index in [0.717, 1.165) is 13.0 Å². The average Bonchev–Trinajstić information content (AvgIpc) is 3.29.